The number of hydrogen-bond donors (Lipinski definition) is 1. The van der Waals surface area contributed by atoms with Gasteiger partial charge in [-0.1, -0.05) is 0 Å². The smallest absolute Gasteiger partial charge is 0.417 e. The fourth-order valence-corrected chi connectivity index (χ4v) is 4.30. The molecule has 3 amide bonds. The van der Waals surface area contributed by atoms with Crippen LogP contribution in [0.4, 0.5) is 23.7 Å². The van der Waals surface area contributed by atoms with Crippen LogP contribution in [0.2, 0.25) is 0 Å². The lowest BCUT2D eigenvalue weighted by Gasteiger charge is -2.33. The Labute approximate surface area is 185 Å². The van der Waals surface area contributed by atoms with Crippen molar-refractivity contribution in [3.63, 3.8) is 0 Å². The molecule has 0 bridgehead atoms. The van der Waals surface area contributed by atoms with Crippen molar-refractivity contribution in [2.75, 3.05) is 11.4 Å². The molecule has 1 aliphatic carbocycles. The second kappa shape index (κ2) is 8.01. The molecule has 1 aliphatic heterocycles. The van der Waals surface area contributed by atoms with Crippen LogP contribution in [0.3, 0.4) is 0 Å². The molecule has 1 saturated carbocycles. The Morgan fingerprint density at radius 3 is 2.58 bits per heavy atom. The minimum atomic E-state index is -4.59. The van der Waals surface area contributed by atoms with E-state index in [1.54, 1.807) is 12.4 Å². The third-order valence-electron chi connectivity index (χ3n) is 5.94. The van der Waals surface area contributed by atoms with Gasteiger partial charge in [0, 0.05) is 17.6 Å². The predicted molar refractivity (Wildman–Crippen MR) is 109 cm³/mol. The van der Waals surface area contributed by atoms with Gasteiger partial charge in [-0.3, -0.25) is 24.7 Å². The zero-order valence-corrected chi connectivity index (χ0v) is 17.2. The Morgan fingerprint density at radius 2 is 1.82 bits per heavy atom. The first-order valence-corrected chi connectivity index (χ1v) is 10.4. The maximum Gasteiger partial charge on any atom is 0.417 e. The van der Waals surface area contributed by atoms with Crippen LogP contribution in [0.5, 0.6) is 5.75 Å². The summed E-state index contributed by atoms with van der Waals surface area (Å²) in [6.07, 6.45) is 2.74. The van der Waals surface area contributed by atoms with Crippen LogP contribution < -0.4 is 9.64 Å². The van der Waals surface area contributed by atoms with Crippen molar-refractivity contribution >= 4 is 28.7 Å². The van der Waals surface area contributed by atoms with Crippen LogP contribution in [-0.4, -0.2) is 55.7 Å². The number of fused-ring (bicyclic) bond motifs is 1. The minimum Gasteiger partial charge on any atom is -0.489 e. The number of halogens is 3. The first-order valence-electron chi connectivity index (χ1n) is 10.4. The summed E-state index contributed by atoms with van der Waals surface area (Å²) in [7, 11) is 0. The number of rotatable bonds is 4. The van der Waals surface area contributed by atoms with Gasteiger partial charge in [0.1, 0.15) is 12.3 Å². The van der Waals surface area contributed by atoms with Crippen molar-refractivity contribution in [3.05, 3.63) is 42.5 Å². The molecule has 3 aromatic heterocycles. The number of imide groups is 1. The number of pyridine rings is 2. The van der Waals surface area contributed by atoms with Gasteiger partial charge in [-0.05, 0) is 37.8 Å². The molecule has 2 fully saturated rings. The minimum absolute atomic E-state index is 0.0511. The lowest BCUT2D eigenvalue weighted by molar-refractivity contribution is -0.137. The molecule has 3 aromatic rings. The third kappa shape index (κ3) is 4.08. The highest BCUT2D eigenvalue weighted by Gasteiger charge is 2.43. The van der Waals surface area contributed by atoms with Gasteiger partial charge in [-0.15, -0.1) is 0 Å². The van der Waals surface area contributed by atoms with Gasteiger partial charge in [-0.25, -0.2) is 9.78 Å². The van der Waals surface area contributed by atoms with Gasteiger partial charge in [0.15, 0.2) is 5.65 Å². The summed E-state index contributed by atoms with van der Waals surface area (Å²) in [5.41, 5.74) is -0.359. The van der Waals surface area contributed by atoms with Crippen LogP contribution >= 0.6 is 0 Å². The van der Waals surface area contributed by atoms with Crippen LogP contribution in [0, 0.1) is 0 Å². The Kier molecular flexibility index (Phi) is 5.14. The van der Waals surface area contributed by atoms with E-state index in [2.05, 4.69) is 20.2 Å². The lowest BCUT2D eigenvalue weighted by Crippen LogP contribution is -2.44. The van der Waals surface area contributed by atoms with Crippen molar-refractivity contribution in [2.45, 2.75) is 44.0 Å². The molecule has 0 radical (unpaired) electrons. The molecule has 0 aromatic carbocycles. The van der Waals surface area contributed by atoms with Gasteiger partial charge in [0.2, 0.25) is 0 Å². The highest BCUT2D eigenvalue weighted by Crippen LogP contribution is 2.34. The second-order valence-electron chi connectivity index (χ2n) is 8.09. The zero-order chi connectivity index (χ0) is 23.2. The molecule has 33 heavy (non-hydrogen) atoms. The summed E-state index contributed by atoms with van der Waals surface area (Å²) in [5, 5.41) is 7.53. The summed E-state index contributed by atoms with van der Waals surface area (Å²) in [6, 6.07) is 1.71. The zero-order valence-electron chi connectivity index (χ0n) is 17.2. The Hall–Kier alpha value is -3.70. The average molecular weight is 460 g/mol. The molecule has 2 aliphatic rings. The Balaban J connectivity index is 1.23. The summed E-state index contributed by atoms with van der Waals surface area (Å²) in [4.78, 5) is 35.5. The highest BCUT2D eigenvalue weighted by atomic mass is 19.4. The van der Waals surface area contributed by atoms with E-state index in [-0.39, 0.29) is 24.4 Å². The van der Waals surface area contributed by atoms with E-state index in [0.29, 0.717) is 43.3 Å². The molecular formula is C21H19F3N6O3. The van der Waals surface area contributed by atoms with Crippen LogP contribution in [0.1, 0.15) is 31.2 Å². The molecule has 0 spiro atoms. The van der Waals surface area contributed by atoms with Crippen LogP contribution in [-0.2, 0) is 11.0 Å². The second-order valence-corrected chi connectivity index (χ2v) is 8.09. The lowest BCUT2D eigenvalue weighted by atomic mass is 9.92. The van der Waals surface area contributed by atoms with E-state index < -0.39 is 23.7 Å². The quantitative estimate of drug-likeness (QED) is 0.598. The first-order chi connectivity index (χ1) is 15.8. The van der Waals surface area contributed by atoms with Crippen molar-refractivity contribution in [1.29, 1.82) is 0 Å². The molecule has 4 heterocycles. The molecule has 0 atom stereocenters. The fraction of sp³-hybridized carbons (Fsp3) is 0.381. The number of nitrogens with one attached hydrogen (secondary N) is 1. The largest absolute Gasteiger partial charge is 0.489 e. The number of ether oxygens (including phenoxy) is 1. The van der Waals surface area contributed by atoms with Gasteiger partial charge in [0.25, 0.3) is 5.91 Å². The number of amides is 3. The molecule has 172 valence electrons. The molecule has 1 saturated heterocycles. The molecule has 5 rings (SSSR count). The van der Waals surface area contributed by atoms with E-state index in [9.17, 15) is 22.8 Å². The maximum atomic E-state index is 13.0. The van der Waals surface area contributed by atoms with Crippen LogP contribution in [0.25, 0.3) is 11.0 Å². The third-order valence-corrected chi connectivity index (χ3v) is 5.94. The standard InChI is InChI=1S/C21H19F3N6O3/c22-21(23,24)13-6-15(9-25-8-13)29-11-18(31)30(20(29)32)14-1-3-16(4-2-14)33-17-5-12-7-27-28-19(12)26-10-17/h5-10,14,16H,1-4,11H2,(H,26,27,28). The van der Waals surface area contributed by atoms with Crippen molar-refractivity contribution in [1.82, 2.24) is 25.1 Å². The number of H-pyrrole nitrogens is 1. The maximum absolute atomic E-state index is 13.0. The number of nitrogens with zero attached hydrogens (tertiary/aromatic N) is 5. The monoisotopic (exact) mass is 460 g/mol. The first kappa shape index (κ1) is 21.2. The van der Waals surface area contributed by atoms with Gasteiger partial charge in [0.05, 0.1) is 35.9 Å². The van der Waals surface area contributed by atoms with Gasteiger partial charge in [-0.2, -0.15) is 18.3 Å². The van der Waals surface area contributed by atoms with Crippen molar-refractivity contribution < 1.29 is 27.5 Å². The van der Waals surface area contributed by atoms with E-state index in [4.69, 9.17) is 4.74 Å². The summed E-state index contributed by atoms with van der Waals surface area (Å²) >= 11 is 0. The summed E-state index contributed by atoms with van der Waals surface area (Å²) in [6.45, 7) is -0.311. The van der Waals surface area contributed by atoms with E-state index >= 15 is 0 Å². The number of alkyl halides is 3. The number of aromatic amines is 1. The number of urea groups is 1. The highest BCUT2D eigenvalue weighted by molar-refractivity contribution is 6.12. The molecular weight excluding hydrogens is 441 g/mol. The van der Waals surface area contributed by atoms with Crippen molar-refractivity contribution in [2.24, 2.45) is 0 Å². The molecule has 1 N–H and O–H groups in total. The molecule has 0 unspecified atom stereocenters. The van der Waals surface area contributed by atoms with E-state index in [0.717, 1.165) is 27.4 Å². The number of carbonyl (C=O) groups is 2. The topological polar surface area (TPSA) is 104 Å². The Bertz CT molecular complexity index is 1210. The van der Waals surface area contributed by atoms with Crippen LogP contribution in [0.15, 0.2) is 36.9 Å². The number of anilines is 1. The summed E-state index contributed by atoms with van der Waals surface area (Å²) < 4.78 is 45.0. The molecule has 9 nitrogen and oxygen atoms in total. The number of carbonyl (C=O) groups excluding carboxylic acids is 2. The SMILES string of the molecule is O=C1CN(c2cncc(C(F)(F)F)c2)C(=O)N1C1CCC(Oc2cnc3[nH]ncc3c2)CC1. The Morgan fingerprint density at radius 1 is 1.03 bits per heavy atom. The molecule has 12 heteroatoms. The number of hydrogen-bond acceptors (Lipinski definition) is 6. The van der Waals surface area contributed by atoms with E-state index in [1.165, 1.54) is 0 Å². The summed E-state index contributed by atoms with van der Waals surface area (Å²) in [5.74, 6) is 0.181. The van der Waals surface area contributed by atoms with Gasteiger partial charge >= 0.3 is 12.2 Å². The normalized spacial score (nSPS) is 21.8. The fourth-order valence-electron chi connectivity index (χ4n) is 4.30. The average Bonchev–Trinajstić information content (AvgIpc) is 3.37. The van der Waals surface area contributed by atoms with Crippen molar-refractivity contribution in [3.8, 4) is 5.75 Å². The van der Waals surface area contributed by atoms with E-state index in [1.807, 2.05) is 6.07 Å². The predicted octanol–water partition coefficient (Wildman–Crippen LogP) is 3.53. The van der Waals surface area contributed by atoms with Gasteiger partial charge < -0.3 is 4.74 Å². The number of aromatic nitrogens is 4.